The van der Waals surface area contributed by atoms with Crippen LogP contribution in [0.5, 0.6) is 0 Å². The molecule has 3 aromatic rings. The van der Waals surface area contributed by atoms with E-state index in [0.29, 0.717) is 16.6 Å². The summed E-state index contributed by atoms with van der Waals surface area (Å²) in [4.78, 5) is 28.1. The quantitative estimate of drug-likeness (QED) is 0.733. The zero-order chi connectivity index (χ0) is 15.1. The van der Waals surface area contributed by atoms with Gasteiger partial charge in [0.2, 0.25) is 0 Å². The first-order valence-corrected chi connectivity index (χ1v) is 6.67. The summed E-state index contributed by atoms with van der Waals surface area (Å²) in [5.41, 5.74) is 1.95. The lowest BCUT2D eigenvalue weighted by molar-refractivity contribution is 0.0696. The van der Waals surface area contributed by atoms with Gasteiger partial charge in [0.1, 0.15) is 5.65 Å². The van der Waals surface area contributed by atoms with Crippen LogP contribution in [0.25, 0.3) is 16.6 Å². The van der Waals surface area contributed by atoms with Crippen LogP contribution in [0, 0.1) is 0 Å². The van der Waals surface area contributed by atoms with Crippen molar-refractivity contribution < 1.29 is 9.90 Å². The number of fused-ring (bicyclic) bond motifs is 2. The summed E-state index contributed by atoms with van der Waals surface area (Å²) in [7, 11) is 0. The Kier molecular flexibility index (Phi) is 2.97. The van der Waals surface area contributed by atoms with Gasteiger partial charge in [-0.05, 0) is 29.7 Å². The SMILES string of the molecule is CC(C)c1cccc2c(=O)n3cc(C(=O)O)ccc3nc12. The van der Waals surface area contributed by atoms with Crippen LogP contribution in [-0.4, -0.2) is 20.5 Å². The maximum Gasteiger partial charge on any atom is 0.337 e. The van der Waals surface area contributed by atoms with Crippen molar-refractivity contribution in [3.05, 3.63) is 58.0 Å². The normalized spacial score (nSPS) is 11.4. The van der Waals surface area contributed by atoms with Gasteiger partial charge in [0, 0.05) is 6.20 Å². The number of hydrogen-bond acceptors (Lipinski definition) is 3. The Balaban J connectivity index is 2.46. The molecule has 106 valence electrons. The second-order valence-corrected chi connectivity index (χ2v) is 5.27. The molecule has 2 heterocycles. The predicted molar refractivity (Wildman–Crippen MR) is 80.0 cm³/mol. The molecule has 0 aliphatic rings. The lowest BCUT2D eigenvalue weighted by atomic mass is 10.0. The van der Waals surface area contributed by atoms with Crippen molar-refractivity contribution in [2.24, 2.45) is 0 Å². The molecule has 0 radical (unpaired) electrons. The molecule has 1 aromatic carbocycles. The van der Waals surface area contributed by atoms with Crippen molar-refractivity contribution in [2.75, 3.05) is 0 Å². The Hall–Kier alpha value is -2.69. The Labute approximate surface area is 120 Å². The zero-order valence-electron chi connectivity index (χ0n) is 11.7. The first kappa shape index (κ1) is 13.3. The van der Waals surface area contributed by atoms with E-state index in [9.17, 15) is 9.59 Å². The topological polar surface area (TPSA) is 71.7 Å². The van der Waals surface area contributed by atoms with Crippen LogP contribution in [0.2, 0.25) is 0 Å². The standard InChI is InChI=1S/C16H14N2O3/c1-9(2)11-4-3-5-12-14(11)17-13-7-6-10(16(20)21)8-18(13)15(12)19/h3-9H,1-2H3,(H,20,21). The van der Waals surface area contributed by atoms with E-state index < -0.39 is 5.97 Å². The zero-order valence-corrected chi connectivity index (χ0v) is 11.7. The molecule has 0 saturated carbocycles. The molecule has 3 rings (SSSR count). The summed E-state index contributed by atoms with van der Waals surface area (Å²) in [6.07, 6.45) is 1.31. The Morgan fingerprint density at radius 2 is 2.00 bits per heavy atom. The molecular formula is C16H14N2O3. The van der Waals surface area contributed by atoms with Crippen molar-refractivity contribution in [3.8, 4) is 0 Å². The summed E-state index contributed by atoms with van der Waals surface area (Å²) < 4.78 is 1.29. The van der Waals surface area contributed by atoms with Gasteiger partial charge in [0.25, 0.3) is 5.56 Å². The molecule has 0 bridgehead atoms. The minimum Gasteiger partial charge on any atom is -0.478 e. The fourth-order valence-corrected chi connectivity index (χ4v) is 2.44. The van der Waals surface area contributed by atoms with Crippen LogP contribution < -0.4 is 5.56 Å². The maximum atomic E-state index is 12.6. The van der Waals surface area contributed by atoms with E-state index >= 15 is 0 Å². The molecule has 0 atom stereocenters. The highest BCUT2D eigenvalue weighted by Crippen LogP contribution is 2.22. The van der Waals surface area contributed by atoms with Gasteiger partial charge >= 0.3 is 5.97 Å². The third-order valence-corrected chi connectivity index (χ3v) is 3.54. The molecule has 5 nitrogen and oxygen atoms in total. The molecule has 0 aliphatic carbocycles. The average molecular weight is 282 g/mol. The van der Waals surface area contributed by atoms with E-state index in [1.807, 2.05) is 26.0 Å². The summed E-state index contributed by atoms with van der Waals surface area (Å²) in [6, 6.07) is 8.52. The van der Waals surface area contributed by atoms with E-state index in [1.54, 1.807) is 12.1 Å². The number of benzene rings is 1. The third kappa shape index (κ3) is 2.07. The lowest BCUT2D eigenvalue weighted by Gasteiger charge is -2.10. The fraction of sp³-hybridized carbons (Fsp3) is 0.188. The second kappa shape index (κ2) is 4.70. The van der Waals surface area contributed by atoms with Gasteiger partial charge in [-0.15, -0.1) is 0 Å². The second-order valence-electron chi connectivity index (χ2n) is 5.27. The van der Waals surface area contributed by atoms with Gasteiger partial charge in [0.15, 0.2) is 0 Å². The minimum atomic E-state index is -1.07. The molecular weight excluding hydrogens is 268 g/mol. The minimum absolute atomic E-state index is 0.0609. The molecule has 0 spiro atoms. The van der Waals surface area contributed by atoms with E-state index in [0.717, 1.165) is 5.56 Å². The van der Waals surface area contributed by atoms with Gasteiger partial charge in [-0.3, -0.25) is 9.20 Å². The highest BCUT2D eigenvalue weighted by Gasteiger charge is 2.12. The molecule has 0 saturated heterocycles. The number of aromatic nitrogens is 2. The smallest absolute Gasteiger partial charge is 0.337 e. The number of aromatic carboxylic acids is 1. The number of carboxylic acids is 1. The van der Waals surface area contributed by atoms with Crippen molar-refractivity contribution in [3.63, 3.8) is 0 Å². The fourth-order valence-electron chi connectivity index (χ4n) is 2.44. The van der Waals surface area contributed by atoms with E-state index in [-0.39, 0.29) is 17.0 Å². The number of carbonyl (C=O) groups is 1. The van der Waals surface area contributed by atoms with Gasteiger partial charge in [-0.25, -0.2) is 9.78 Å². The largest absolute Gasteiger partial charge is 0.478 e. The van der Waals surface area contributed by atoms with Crippen LogP contribution in [0.15, 0.2) is 41.3 Å². The van der Waals surface area contributed by atoms with Crippen molar-refractivity contribution in [1.29, 1.82) is 0 Å². The van der Waals surface area contributed by atoms with Crippen molar-refractivity contribution in [2.45, 2.75) is 19.8 Å². The van der Waals surface area contributed by atoms with Gasteiger partial charge in [-0.1, -0.05) is 26.0 Å². The molecule has 2 aromatic heterocycles. The van der Waals surface area contributed by atoms with Crippen molar-refractivity contribution in [1.82, 2.24) is 9.38 Å². The summed E-state index contributed by atoms with van der Waals surface area (Å²) >= 11 is 0. The van der Waals surface area contributed by atoms with E-state index in [1.165, 1.54) is 16.7 Å². The Morgan fingerprint density at radius 1 is 1.24 bits per heavy atom. The highest BCUT2D eigenvalue weighted by atomic mass is 16.4. The lowest BCUT2D eigenvalue weighted by Crippen LogP contribution is -2.17. The number of rotatable bonds is 2. The summed E-state index contributed by atoms with van der Waals surface area (Å²) in [5.74, 6) is -0.818. The number of nitrogens with zero attached hydrogens (tertiary/aromatic N) is 2. The van der Waals surface area contributed by atoms with Gasteiger partial charge in [-0.2, -0.15) is 0 Å². The van der Waals surface area contributed by atoms with Crippen LogP contribution in [-0.2, 0) is 0 Å². The van der Waals surface area contributed by atoms with Crippen molar-refractivity contribution >= 4 is 22.5 Å². The average Bonchev–Trinajstić information content (AvgIpc) is 2.46. The molecule has 1 N–H and O–H groups in total. The monoisotopic (exact) mass is 282 g/mol. The predicted octanol–water partition coefficient (Wildman–Crippen LogP) is 2.67. The van der Waals surface area contributed by atoms with Crippen LogP contribution in [0.4, 0.5) is 0 Å². The number of pyridine rings is 1. The molecule has 21 heavy (non-hydrogen) atoms. The first-order valence-electron chi connectivity index (χ1n) is 6.67. The number of para-hydroxylation sites is 1. The number of hydrogen-bond donors (Lipinski definition) is 1. The Morgan fingerprint density at radius 3 is 2.67 bits per heavy atom. The third-order valence-electron chi connectivity index (χ3n) is 3.54. The van der Waals surface area contributed by atoms with Crippen LogP contribution >= 0.6 is 0 Å². The molecule has 0 amide bonds. The first-order chi connectivity index (χ1) is 9.99. The maximum absolute atomic E-state index is 12.6. The van der Waals surface area contributed by atoms with Gasteiger partial charge < -0.3 is 5.11 Å². The number of carboxylic acid groups (broad SMARTS) is 1. The van der Waals surface area contributed by atoms with E-state index in [4.69, 9.17) is 5.11 Å². The summed E-state index contributed by atoms with van der Waals surface area (Å²) in [6.45, 7) is 4.09. The molecule has 0 aliphatic heterocycles. The molecule has 5 heteroatoms. The van der Waals surface area contributed by atoms with E-state index in [2.05, 4.69) is 4.98 Å². The van der Waals surface area contributed by atoms with Gasteiger partial charge in [0.05, 0.1) is 16.5 Å². The highest BCUT2D eigenvalue weighted by molar-refractivity contribution is 5.88. The van der Waals surface area contributed by atoms with Crippen LogP contribution in [0.1, 0.15) is 35.7 Å². The van der Waals surface area contributed by atoms with Crippen LogP contribution in [0.3, 0.4) is 0 Å². The molecule has 0 fully saturated rings. The Bertz CT molecular complexity index is 926. The summed E-state index contributed by atoms with van der Waals surface area (Å²) in [5, 5.41) is 9.53. The molecule has 0 unspecified atom stereocenters.